The molecule has 1 aliphatic heterocycles. The van der Waals surface area contributed by atoms with Gasteiger partial charge in [0, 0.05) is 19.6 Å². The van der Waals surface area contributed by atoms with Crippen LogP contribution in [0.1, 0.15) is 18.9 Å². The Morgan fingerprint density at radius 3 is 2.81 bits per heavy atom. The lowest BCUT2D eigenvalue weighted by molar-refractivity contribution is 0.342. The van der Waals surface area contributed by atoms with Gasteiger partial charge in [0.15, 0.2) is 0 Å². The third-order valence-electron chi connectivity index (χ3n) is 3.90. The minimum Gasteiger partial charge on any atom is -0.326 e. The normalized spacial score (nSPS) is 20.0. The van der Waals surface area contributed by atoms with E-state index >= 15 is 0 Å². The van der Waals surface area contributed by atoms with Crippen LogP contribution in [0.15, 0.2) is 23.1 Å². The minimum atomic E-state index is -3.57. The van der Waals surface area contributed by atoms with Gasteiger partial charge >= 0.3 is 0 Å². The fraction of sp³-hybridized carbons (Fsp3) is 0.571. The molecule has 0 saturated carbocycles. The van der Waals surface area contributed by atoms with Crippen molar-refractivity contribution in [1.29, 1.82) is 0 Å². The smallest absolute Gasteiger partial charge is 0.242 e. The lowest BCUT2D eigenvalue weighted by atomic mass is 10.1. The van der Waals surface area contributed by atoms with Gasteiger partial charge in [-0.05, 0) is 43.1 Å². The second-order valence-electron chi connectivity index (χ2n) is 5.37. The summed E-state index contributed by atoms with van der Waals surface area (Å²) in [6, 6.07) is 4.80. The Labute approximate surface area is 131 Å². The number of rotatable bonds is 6. The average molecular weight is 332 g/mol. The van der Waals surface area contributed by atoms with Gasteiger partial charge in [-0.15, -0.1) is 0 Å². The standard InChI is InChI=1S/C14H22ClN3O2S/c1-2-18-6-5-12(10-18)9-17-21(19,20)14-4-3-11(8-16)7-13(14)15/h3-4,7,12,17H,2,5-6,8-10,16H2,1H3. The topological polar surface area (TPSA) is 75.4 Å². The molecule has 7 heteroatoms. The number of sulfonamides is 1. The average Bonchev–Trinajstić information content (AvgIpc) is 2.93. The molecule has 1 aliphatic rings. The second kappa shape index (κ2) is 7.07. The van der Waals surface area contributed by atoms with E-state index in [0.717, 1.165) is 31.6 Å². The van der Waals surface area contributed by atoms with Crippen LogP contribution in [0.4, 0.5) is 0 Å². The minimum absolute atomic E-state index is 0.117. The zero-order chi connectivity index (χ0) is 15.5. The first-order valence-corrected chi connectivity index (χ1v) is 9.03. The number of hydrogen-bond acceptors (Lipinski definition) is 4. The van der Waals surface area contributed by atoms with Crippen LogP contribution in [-0.4, -0.2) is 39.5 Å². The zero-order valence-corrected chi connectivity index (χ0v) is 13.8. The highest BCUT2D eigenvalue weighted by Crippen LogP contribution is 2.23. The summed E-state index contributed by atoms with van der Waals surface area (Å²) in [5.74, 6) is 0.363. The van der Waals surface area contributed by atoms with E-state index in [1.165, 1.54) is 6.07 Å². The van der Waals surface area contributed by atoms with Gasteiger partial charge in [-0.3, -0.25) is 0 Å². The maximum absolute atomic E-state index is 12.3. The molecule has 1 atom stereocenters. The number of benzene rings is 1. The summed E-state index contributed by atoms with van der Waals surface area (Å²) < 4.78 is 27.3. The lowest BCUT2D eigenvalue weighted by Crippen LogP contribution is -2.31. The van der Waals surface area contributed by atoms with Crippen molar-refractivity contribution in [3.8, 4) is 0 Å². The van der Waals surface area contributed by atoms with Gasteiger partial charge in [0.25, 0.3) is 0 Å². The summed E-state index contributed by atoms with van der Waals surface area (Å²) in [5.41, 5.74) is 6.33. The first kappa shape index (κ1) is 16.7. The lowest BCUT2D eigenvalue weighted by Gasteiger charge is -2.14. The summed E-state index contributed by atoms with van der Waals surface area (Å²) in [7, 11) is -3.57. The molecule has 1 fully saturated rings. The molecule has 3 N–H and O–H groups in total. The molecule has 0 aliphatic carbocycles. The number of hydrogen-bond donors (Lipinski definition) is 2. The molecule has 2 rings (SSSR count). The highest BCUT2D eigenvalue weighted by atomic mass is 35.5. The van der Waals surface area contributed by atoms with E-state index in [4.69, 9.17) is 17.3 Å². The summed E-state index contributed by atoms with van der Waals surface area (Å²) in [4.78, 5) is 2.44. The van der Waals surface area contributed by atoms with E-state index in [9.17, 15) is 8.42 Å². The van der Waals surface area contributed by atoms with Crippen molar-refractivity contribution in [2.24, 2.45) is 11.7 Å². The van der Waals surface area contributed by atoms with Crippen LogP contribution in [0.2, 0.25) is 5.02 Å². The predicted molar refractivity (Wildman–Crippen MR) is 84.8 cm³/mol. The monoisotopic (exact) mass is 331 g/mol. The van der Waals surface area contributed by atoms with Crippen molar-refractivity contribution >= 4 is 21.6 Å². The van der Waals surface area contributed by atoms with Crippen LogP contribution in [0, 0.1) is 5.92 Å². The SMILES string of the molecule is CCN1CCC(CNS(=O)(=O)c2ccc(CN)cc2Cl)C1. The maximum Gasteiger partial charge on any atom is 0.242 e. The van der Waals surface area contributed by atoms with Gasteiger partial charge in [0.2, 0.25) is 10.0 Å². The van der Waals surface area contributed by atoms with Crippen molar-refractivity contribution in [3.63, 3.8) is 0 Å². The second-order valence-corrected chi connectivity index (χ2v) is 7.51. The summed E-state index contributed by atoms with van der Waals surface area (Å²) in [6.45, 7) is 5.89. The molecule has 1 unspecified atom stereocenters. The highest BCUT2D eigenvalue weighted by molar-refractivity contribution is 7.89. The molecule has 118 valence electrons. The van der Waals surface area contributed by atoms with Crippen molar-refractivity contribution in [2.75, 3.05) is 26.2 Å². The number of nitrogens with one attached hydrogen (secondary N) is 1. The fourth-order valence-electron chi connectivity index (χ4n) is 2.56. The molecule has 0 radical (unpaired) electrons. The Balaban J connectivity index is 2.02. The van der Waals surface area contributed by atoms with Gasteiger partial charge in [0.1, 0.15) is 4.90 Å². The fourth-order valence-corrected chi connectivity index (χ4v) is 4.24. The third-order valence-corrected chi connectivity index (χ3v) is 5.81. The van der Waals surface area contributed by atoms with E-state index in [1.54, 1.807) is 12.1 Å². The van der Waals surface area contributed by atoms with Crippen LogP contribution in [0.5, 0.6) is 0 Å². The Morgan fingerprint density at radius 2 is 2.24 bits per heavy atom. The number of nitrogens with zero attached hydrogens (tertiary/aromatic N) is 1. The van der Waals surface area contributed by atoms with E-state index in [2.05, 4.69) is 16.5 Å². The Morgan fingerprint density at radius 1 is 1.48 bits per heavy atom. The molecule has 0 spiro atoms. The van der Waals surface area contributed by atoms with Crippen LogP contribution in [0.3, 0.4) is 0 Å². The van der Waals surface area contributed by atoms with Gasteiger partial charge in [-0.1, -0.05) is 24.6 Å². The van der Waals surface area contributed by atoms with E-state index in [0.29, 0.717) is 19.0 Å². The largest absolute Gasteiger partial charge is 0.326 e. The van der Waals surface area contributed by atoms with Crippen molar-refractivity contribution in [1.82, 2.24) is 9.62 Å². The summed E-state index contributed by atoms with van der Waals surface area (Å²) >= 11 is 6.05. The molecule has 21 heavy (non-hydrogen) atoms. The highest BCUT2D eigenvalue weighted by Gasteiger charge is 2.24. The van der Waals surface area contributed by atoms with Gasteiger partial charge in [-0.25, -0.2) is 13.1 Å². The van der Waals surface area contributed by atoms with Crippen LogP contribution in [0.25, 0.3) is 0 Å². The molecule has 1 heterocycles. The summed E-state index contributed by atoms with van der Waals surface area (Å²) in [6.07, 6.45) is 1.02. The predicted octanol–water partition coefficient (Wildman–Crippen LogP) is 1.42. The van der Waals surface area contributed by atoms with Crippen molar-refractivity contribution in [3.05, 3.63) is 28.8 Å². The van der Waals surface area contributed by atoms with Gasteiger partial charge in [-0.2, -0.15) is 0 Å². The van der Waals surface area contributed by atoms with Gasteiger partial charge < -0.3 is 10.6 Å². The van der Waals surface area contributed by atoms with E-state index in [-0.39, 0.29) is 9.92 Å². The third kappa shape index (κ3) is 4.17. The molecule has 5 nitrogen and oxygen atoms in total. The van der Waals surface area contributed by atoms with Crippen molar-refractivity contribution < 1.29 is 8.42 Å². The molecular formula is C14H22ClN3O2S. The van der Waals surface area contributed by atoms with E-state index < -0.39 is 10.0 Å². The summed E-state index contributed by atoms with van der Waals surface area (Å²) in [5, 5.41) is 0.215. The van der Waals surface area contributed by atoms with Crippen LogP contribution >= 0.6 is 11.6 Å². The van der Waals surface area contributed by atoms with Crippen LogP contribution in [-0.2, 0) is 16.6 Å². The molecule has 0 amide bonds. The zero-order valence-electron chi connectivity index (χ0n) is 12.2. The number of likely N-dealkylation sites (tertiary alicyclic amines) is 1. The van der Waals surface area contributed by atoms with E-state index in [1.807, 2.05) is 0 Å². The number of nitrogens with two attached hydrogens (primary N) is 1. The molecule has 1 aromatic carbocycles. The van der Waals surface area contributed by atoms with Gasteiger partial charge in [0.05, 0.1) is 5.02 Å². The molecule has 0 bridgehead atoms. The molecule has 1 saturated heterocycles. The first-order chi connectivity index (χ1) is 9.96. The Bertz CT molecular complexity index is 592. The van der Waals surface area contributed by atoms with Crippen molar-refractivity contribution in [2.45, 2.75) is 24.8 Å². The first-order valence-electron chi connectivity index (χ1n) is 7.16. The quantitative estimate of drug-likeness (QED) is 0.826. The molecular weight excluding hydrogens is 310 g/mol. The number of halogens is 1. The maximum atomic E-state index is 12.3. The Hall–Kier alpha value is -0.660. The molecule has 1 aromatic rings. The van der Waals surface area contributed by atoms with Crippen LogP contribution < -0.4 is 10.5 Å². The molecule has 0 aromatic heterocycles. The Kier molecular flexibility index (Phi) is 5.62.